The average Bonchev–Trinajstić information content (AvgIpc) is 2.59. The third kappa shape index (κ3) is 4.01. The fourth-order valence-corrected chi connectivity index (χ4v) is 2.60. The summed E-state index contributed by atoms with van der Waals surface area (Å²) >= 11 is 0. The Morgan fingerprint density at radius 1 is 0.880 bits per heavy atom. The highest BCUT2D eigenvalue weighted by Gasteiger charge is 2.06. The zero-order valence-electron chi connectivity index (χ0n) is 14.5. The van der Waals surface area contributed by atoms with E-state index in [1.807, 2.05) is 30.3 Å². The Labute approximate surface area is 147 Å². The van der Waals surface area contributed by atoms with E-state index in [1.54, 1.807) is 13.0 Å². The second kappa shape index (κ2) is 7.13. The number of carbonyl (C=O) groups is 1. The van der Waals surface area contributed by atoms with Gasteiger partial charge in [0, 0.05) is 23.0 Å². The van der Waals surface area contributed by atoms with E-state index in [9.17, 15) is 4.79 Å². The van der Waals surface area contributed by atoms with E-state index in [-0.39, 0.29) is 5.78 Å². The maximum atomic E-state index is 11.5. The molecule has 5 heteroatoms. The van der Waals surface area contributed by atoms with E-state index < -0.39 is 0 Å². The molecule has 5 nitrogen and oxygen atoms in total. The van der Waals surface area contributed by atoms with Gasteiger partial charge in [0.05, 0.1) is 0 Å². The lowest BCUT2D eigenvalue weighted by Crippen LogP contribution is -2.01. The monoisotopic (exact) mass is 332 g/mol. The molecule has 126 valence electrons. The summed E-state index contributed by atoms with van der Waals surface area (Å²) in [7, 11) is 0. The SMILES string of the molecule is CC(=O)c1cccc(Nc2cc(Nc3c(C)cccc3C)ncn2)c1. The summed E-state index contributed by atoms with van der Waals surface area (Å²) in [6, 6.07) is 15.3. The maximum Gasteiger partial charge on any atom is 0.159 e. The highest BCUT2D eigenvalue weighted by atomic mass is 16.1. The Balaban J connectivity index is 1.82. The van der Waals surface area contributed by atoms with Crippen molar-refractivity contribution < 1.29 is 4.79 Å². The molecule has 2 N–H and O–H groups in total. The lowest BCUT2D eigenvalue weighted by Gasteiger charge is -2.13. The van der Waals surface area contributed by atoms with E-state index >= 15 is 0 Å². The van der Waals surface area contributed by atoms with Crippen molar-refractivity contribution in [2.24, 2.45) is 0 Å². The van der Waals surface area contributed by atoms with E-state index in [0.29, 0.717) is 17.2 Å². The molecule has 0 saturated carbocycles. The van der Waals surface area contributed by atoms with Crippen LogP contribution < -0.4 is 10.6 Å². The van der Waals surface area contributed by atoms with Crippen molar-refractivity contribution in [3.8, 4) is 0 Å². The van der Waals surface area contributed by atoms with Crippen LogP contribution in [0.1, 0.15) is 28.4 Å². The summed E-state index contributed by atoms with van der Waals surface area (Å²) in [4.78, 5) is 20.0. The molecular weight excluding hydrogens is 312 g/mol. The van der Waals surface area contributed by atoms with Crippen molar-refractivity contribution in [3.63, 3.8) is 0 Å². The molecule has 0 atom stereocenters. The number of ketones is 1. The Morgan fingerprint density at radius 2 is 1.52 bits per heavy atom. The lowest BCUT2D eigenvalue weighted by molar-refractivity contribution is 0.101. The Morgan fingerprint density at radius 3 is 2.20 bits per heavy atom. The molecule has 1 heterocycles. The minimum absolute atomic E-state index is 0.0312. The van der Waals surface area contributed by atoms with E-state index in [0.717, 1.165) is 22.5 Å². The zero-order chi connectivity index (χ0) is 17.8. The Hall–Kier alpha value is -3.21. The predicted molar refractivity (Wildman–Crippen MR) is 101 cm³/mol. The van der Waals surface area contributed by atoms with Crippen LogP contribution in [0.5, 0.6) is 0 Å². The molecule has 0 spiro atoms. The van der Waals surface area contributed by atoms with Gasteiger partial charge in [0.15, 0.2) is 5.78 Å². The Kier molecular flexibility index (Phi) is 4.75. The predicted octanol–water partition coefficient (Wildman–Crippen LogP) is 4.78. The highest BCUT2D eigenvalue weighted by Crippen LogP contribution is 2.24. The molecule has 3 aromatic rings. The first-order valence-electron chi connectivity index (χ1n) is 8.06. The number of nitrogens with one attached hydrogen (secondary N) is 2. The van der Waals surface area contributed by atoms with Gasteiger partial charge in [0.1, 0.15) is 18.0 Å². The van der Waals surface area contributed by atoms with Crippen LogP contribution in [0.2, 0.25) is 0 Å². The van der Waals surface area contributed by atoms with E-state index in [1.165, 1.54) is 6.33 Å². The first-order valence-corrected chi connectivity index (χ1v) is 8.06. The number of aromatic nitrogens is 2. The summed E-state index contributed by atoms with van der Waals surface area (Å²) in [6.07, 6.45) is 1.51. The fourth-order valence-electron chi connectivity index (χ4n) is 2.60. The van der Waals surface area contributed by atoms with Crippen LogP contribution in [0.3, 0.4) is 0 Å². The molecule has 0 fully saturated rings. The molecule has 0 unspecified atom stereocenters. The third-order valence-electron chi connectivity index (χ3n) is 3.94. The van der Waals surface area contributed by atoms with Gasteiger partial charge in [0.2, 0.25) is 0 Å². The second-order valence-corrected chi connectivity index (χ2v) is 5.94. The van der Waals surface area contributed by atoms with Gasteiger partial charge in [-0.1, -0.05) is 30.3 Å². The summed E-state index contributed by atoms with van der Waals surface area (Å²) in [5.74, 6) is 1.39. The van der Waals surface area contributed by atoms with Crippen LogP contribution in [-0.2, 0) is 0 Å². The fraction of sp³-hybridized carbons (Fsp3) is 0.150. The van der Waals surface area contributed by atoms with Crippen LogP contribution in [0, 0.1) is 13.8 Å². The number of aryl methyl sites for hydroxylation is 2. The second-order valence-electron chi connectivity index (χ2n) is 5.94. The molecule has 0 aliphatic heterocycles. The number of para-hydroxylation sites is 1. The highest BCUT2D eigenvalue weighted by molar-refractivity contribution is 5.95. The largest absolute Gasteiger partial charge is 0.340 e. The van der Waals surface area contributed by atoms with E-state index in [4.69, 9.17) is 0 Å². The zero-order valence-corrected chi connectivity index (χ0v) is 14.5. The maximum absolute atomic E-state index is 11.5. The summed E-state index contributed by atoms with van der Waals surface area (Å²) in [6.45, 7) is 5.67. The van der Waals surface area contributed by atoms with Gasteiger partial charge in [-0.2, -0.15) is 0 Å². The van der Waals surface area contributed by atoms with Crippen molar-refractivity contribution in [1.29, 1.82) is 0 Å². The first-order chi connectivity index (χ1) is 12.0. The van der Waals surface area contributed by atoms with Crippen LogP contribution in [0.25, 0.3) is 0 Å². The van der Waals surface area contributed by atoms with Gasteiger partial charge < -0.3 is 10.6 Å². The number of nitrogens with zero attached hydrogens (tertiary/aromatic N) is 2. The normalized spacial score (nSPS) is 10.4. The van der Waals surface area contributed by atoms with Crippen molar-refractivity contribution >= 4 is 28.8 Å². The van der Waals surface area contributed by atoms with Crippen molar-refractivity contribution in [3.05, 3.63) is 71.5 Å². The van der Waals surface area contributed by atoms with Crippen molar-refractivity contribution in [2.75, 3.05) is 10.6 Å². The van der Waals surface area contributed by atoms with Crippen molar-refractivity contribution in [1.82, 2.24) is 9.97 Å². The summed E-state index contributed by atoms with van der Waals surface area (Å²) in [5.41, 5.74) is 4.83. The Bertz CT molecular complexity index is 901. The smallest absolute Gasteiger partial charge is 0.159 e. The van der Waals surface area contributed by atoms with Gasteiger partial charge >= 0.3 is 0 Å². The minimum atomic E-state index is 0.0312. The topological polar surface area (TPSA) is 66.9 Å². The molecule has 0 aliphatic rings. The quantitative estimate of drug-likeness (QED) is 0.658. The number of benzene rings is 2. The van der Waals surface area contributed by atoms with Crippen LogP contribution in [-0.4, -0.2) is 15.8 Å². The number of carbonyl (C=O) groups excluding carboxylic acids is 1. The van der Waals surface area contributed by atoms with Crippen LogP contribution in [0.15, 0.2) is 54.9 Å². The number of hydrogen-bond donors (Lipinski definition) is 2. The molecule has 0 bridgehead atoms. The molecule has 0 aliphatic carbocycles. The lowest BCUT2D eigenvalue weighted by atomic mass is 10.1. The number of Topliss-reactive ketones (excluding diaryl/α,β-unsaturated/α-hetero) is 1. The number of anilines is 4. The minimum Gasteiger partial charge on any atom is -0.340 e. The van der Waals surface area contributed by atoms with Gasteiger partial charge in [-0.25, -0.2) is 9.97 Å². The molecule has 1 aromatic heterocycles. The van der Waals surface area contributed by atoms with Gasteiger partial charge in [-0.05, 0) is 44.0 Å². The van der Waals surface area contributed by atoms with Gasteiger partial charge in [0.25, 0.3) is 0 Å². The van der Waals surface area contributed by atoms with Gasteiger partial charge in [-0.15, -0.1) is 0 Å². The van der Waals surface area contributed by atoms with Crippen LogP contribution >= 0.6 is 0 Å². The molecule has 0 radical (unpaired) electrons. The number of hydrogen-bond acceptors (Lipinski definition) is 5. The van der Waals surface area contributed by atoms with Gasteiger partial charge in [-0.3, -0.25) is 4.79 Å². The molecule has 2 aromatic carbocycles. The first kappa shape index (κ1) is 16.6. The molecule has 3 rings (SSSR count). The van der Waals surface area contributed by atoms with E-state index in [2.05, 4.69) is 46.6 Å². The summed E-state index contributed by atoms with van der Waals surface area (Å²) < 4.78 is 0. The third-order valence-corrected chi connectivity index (χ3v) is 3.94. The number of rotatable bonds is 5. The standard InChI is InChI=1S/C20H20N4O/c1-13-6-4-7-14(2)20(13)24-19-11-18(21-12-22-19)23-17-9-5-8-16(10-17)15(3)25/h4-12H,1-3H3,(H2,21,22,23,24). The van der Waals surface area contributed by atoms with Crippen molar-refractivity contribution in [2.45, 2.75) is 20.8 Å². The van der Waals surface area contributed by atoms with Crippen LogP contribution in [0.4, 0.5) is 23.0 Å². The molecular formula is C20H20N4O. The summed E-state index contributed by atoms with van der Waals surface area (Å²) in [5, 5.41) is 6.56. The molecule has 0 amide bonds. The molecule has 0 saturated heterocycles. The molecule has 25 heavy (non-hydrogen) atoms. The average molecular weight is 332 g/mol.